The topological polar surface area (TPSA) is 79.5 Å². The maximum atomic E-state index is 10.6. The fourth-order valence-corrected chi connectivity index (χ4v) is 2.80. The summed E-state index contributed by atoms with van der Waals surface area (Å²) in [7, 11) is 3.81. The van der Waals surface area contributed by atoms with Gasteiger partial charge in [0.25, 0.3) is 0 Å². The van der Waals surface area contributed by atoms with Crippen LogP contribution >= 0.6 is 23.1 Å². The van der Waals surface area contributed by atoms with Crippen molar-refractivity contribution in [1.29, 1.82) is 0 Å². The predicted molar refractivity (Wildman–Crippen MR) is 69.5 cm³/mol. The lowest BCUT2D eigenvalue weighted by Crippen LogP contribution is -2.07. The summed E-state index contributed by atoms with van der Waals surface area (Å²) in [5.74, 6) is 0.0444. The average molecular weight is 285 g/mol. The minimum Gasteiger partial charge on any atom is -0.475 e. The van der Waals surface area contributed by atoms with Crippen LogP contribution < -0.4 is 4.90 Å². The van der Waals surface area contributed by atoms with Crippen molar-refractivity contribution in [1.82, 2.24) is 10.2 Å². The first-order valence-electron chi connectivity index (χ1n) is 5.02. The lowest BCUT2D eigenvalue weighted by atomic mass is 10.4. The van der Waals surface area contributed by atoms with E-state index in [2.05, 4.69) is 10.2 Å². The van der Waals surface area contributed by atoms with Gasteiger partial charge in [0.15, 0.2) is 4.34 Å². The van der Waals surface area contributed by atoms with Crippen molar-refractivity contribution in [2.24, 2.45) is 0 Å². The maximum Gasteiger partial charge on any atom is 0.371 e. The number of hydrogen-bond acceptors (Lipinski definition) is 7. The molecule has 2 rings (SSSR count). The van der Waals surface area contributed by atoms with E-state index in [4.69, 9.17) is 9.52 Å². The second kappa shape index (κ2) is 5.40. The van der Waals surface area contributed by atoms with Crippen molar-refractivity contribution in [2.75, 3.05) is 19.0 Å². The molecule has 2 aromatic rings. The van der Waals surface area contributed by atoms with Crippen LogP contribution in [0.3, 0.4) is 0 Å². The molecule has 0 amide bonds. The van der Waals surface area contributed by atoms with Crippen LogP contribution in [0.2, 0.25) is 0 Å². The molecule has 0 unspecified atom stereocenters. The molecule has 0 atom stereocenters. The van der Waals surface area contributed by atoms with Crippen molar-refractivity contribution in [3.63, 3.8) is 0 Å². The van der Waals surface area contributed by atoms with E-state index in [9.17, 15) is 4.79 Å². The minimum atomic E-state index is -1.06. The van der Waals surface area contributed by atoms with E-state index in [1.165, 1.54) is 29.2 Å². The first-order chi connectivity index (χ1) is 8.56. The average Bonchev–Trinajstić information content (AvgIpc) is 2.95. The molecule has 0 radical (unpaired) electrons. The van der Waals surface area contributed by atoms with Crippen molar-refractivity contribution in [2.45, 2.75) is 10.1 Å². The van der Waals surface area contributed by atoms with Gasteiger partial charge >= 0.3 is 5.97 Å². The Labute approximate surface area is 112 Å². The lowest BCUT2D eigenvalue weighted by Gasteiger charge is -2.03. The molecule has 0 aliphatic rings. The van der Waals surface area contributed by atoms with Crippen molar-refractivity contribution < 1.29 is 14.3 Å². The van der Waals surface area contributed by atoms with E-state index in [0.717, 1.165) is 9.47 Å². The van der Waals surface area contributed by atoms with E-state index in [1.54, 1.807) is 6.07 Å². The Balaban J connectivity index is 1.95. The lowest BCUT2D eigenvalue weighted by molar-refractivity contribution is 0.0661. The molecule has 96 valence electrons. The fraction of sp³-hybridized carbons (Fsp3) is 0.300. The molecule has 0 saturated heterocycles. The highest BCUT2D eigenvalue weighted by Crippen LogP contribution is 2.29. The second-order valence-electron chi connectivity index (χ2n) is 3.60. The van der Waals surface area contributed by atoms with Gasteiger partial charge in [0.2, 0.25) is 10.9 Å². The van der Waals surface area contributed by atoms with Crippen molar-refractivity contribution in [3.8, 4) is 0 Å². The number of thioether (sulfide) groups is 1. The smallest absolute Gasteiger partial charge is 0.371 e. The summed E-state index contributed by atoms with van der Waals surface area (Å²) in [5, 5.41) is 17.6. The van der Waals surface area contributed by atoms with Crippen molar-refractivity contribution in [3.05, 3.63) is 23.7 Å². The number of carboxylic acids is 1. The van der Waals surface area contributed by atoms with Crippen LogP contribution in [-0.4, -0.2) is 35.4 Å². The molecule has 0 aliphatic carbocycles. The highest BCUT2D eigenvalue weighted by molar-refractivity contribution is 8.00. The van der Waals surface area contributed by atoms with Crippen LogP contribution in [0.4, 0.5) is 5.13 Å². The quantitative estimate of drug-likeness (QED) is 0.843. The number of nitrogens with zero attached hydrogens (tertiary/aromatic N) is 3. The van der Waals surface area contributed by atoms with Crippen LogP contribution in [0.5, 0.6) is 0 Å². The van der Waals surface area contributed by atoms with E-state index in [1.807, 2.05) is 19.0 Å². The molecule has 0 bridgehead atoms. The van der Waals surface area contributed by atoms with E-state index >= 15 is 0 Å². The first-order valence-corrected chi connectivity index (χ1v) is 6.82. The maximum absolute atomic E-state index is 10.6. The molecular weight excluding hydrogens is 274 g/mol. The second-order valence-corrected chi connectivity index (χ2v) is 5.78. The number of anilines is 1. The predicted octanol–water partition coefficient (Wildman–Crippen LogP) is 2.19. The van der Waals surface area contributed by atoms with Gasteiger partial charge in [-0.25, -0.2) is 4.79 Å². The zero-order valence-electron chi connectivity index (χ0n) is 9.78. The van der Waals surface area contributed by atoms with Crippen LogP contribution in [0.1, 0.15) is 16.3 Å². The van der Waals surface area contributed by atoms with Gasteiger partial charge in [-0.05, 0) is 12.1 Å². The highest BCUT2D eigenvalue weighted by atomic mass is 32.2. The molecule has 0 aliphatic heterocycles. The molecule has 0 spiro atoms. The van der Waals surface area contributed by atoms with Crippen LogP contribution in [0.25, 0.3) is 0 Å². The monoisotopic (exact) mass is 285 g/mol. The summed E-state index contributed by atoms with van der Waals surface area (Å²) in [6.07, 6.45) is 0. The fourth-order valence-electron chi connectivity index (χ4n) is 1.14. The molecule has 0 fully saturated rings. The summed E-state index contributed by atoms with van der Waals surface area (Å²) in [5.41, 5.74) is 0. The first kappa shape index (κ1) is 12.9. The number of aromatic carboxylic acids is 1. The van der Waals surface area contributed by atoms with E-state index in [0.29, 0.717) is 11.5 Å². The van der Waals surface area contributed by atoms with E-state index in [-0.39, 0.29) is 5.76 Å². The molecule has 2 aromatic heterocycles. The number of hydrogen-bond donors (Lipinski definition) is 1. The highest BCUT2D eigenvalue weighted by Gasteiger charge is 2.11. The Morgan fingerprint density at radius 3 is 2.83 bits per heavy atom. The normalized spacial score (nSPS) is 10.6. The van der Waals surface area contributed by atoms with Gasteiger partial charge in [0, 0.05) is 14.1 Å². The van der Waals surface area contributed by atoms with E-state index < -0.39 is 5.97 Å². The zero-order valence-corrected chi connectivity index (χ0v) is 11.4. The molecule has 0 saturated carbocycles. The molecular formula is C10H11N3O3S2. The van der Waals surface area contributed by atoms with Crippen LogP contribution in [-0.2, 0) is 5.75 Å². The Morgan fingerprint density at radius 1 is 1.50 bits per heavy atom. The van der Waals surface area contributed by atoms with Gasteiger partial charge in [-0.15, -0.1) is 10.2 Å². The van der Waals surface area contributed by atoms with Gasteiger partial charge in [0.05, 0.1) is 5.75 Å². The molecule has 6 nitrogen and oxygen atoms in total. The third-order valence-electron chi connectivity index (χ3n) is 1.99. The Kier molecular flexibility index (Phi) is 3.87. The number of carbonyl (C=O) groups is 1. The standard InChI is InChI=1S/C10H11N3O3S2/c1-13(2)9-11-12-10(18-9)17-5-6-3-4-7(16-6)8(14)15/h3-4H,5H2,1-2H3,(H,14,15). The Morgan fingerprint density at radius 2 is 2.28 bits per heavy atom. The van der Waals surface area contributed by atoms with Crippen LogP contribution in [0, 0.1) is 0 Å². The summed E-state index contributed by atoms with van der Waals surface area (Å²) in [6.45, 7) is 0. The largest absolute Gasteiger partial charge is 0.475 e. The van der Waals surface area contributed by atoms with Gasteiger partial charge in [-0.1, -0.05) is 23.1 Å². The molecule has 18 heavy (non-hydrogen) atoms. The third kappa shape index (κ3) is 3.02. The molecule has 0 aromatic carbocycles. The van der Waals surface area contributed by atoms with Gasteiger partial charge in [-0.3, -0.25) is 0 Å². The summed E-state index contributed by atoms with van der Waals surface area (Å²) in [4.78, 5) is 12.5. The Hall–Kier alpha value is -1.54. The summed E-state index contributed by atoms with van der Waals surface area (Å²) < 4.78 is 5.97. The molecule has 1 N–H and O–H groups in total. The number of carboxylic acid groups (broad SMARTS) is 1. The molecule has 2 heterocycles. The van der Waals surface area contributed by atoms with Gasteiger partial charge in [-0.2, -0.15) is 0 Å². The number of aromatic nitrogens is 2. The summed E-state index contributed by atoms with van der Waals surface area (Å²) in [6, 6.07) is 3.11. The van der Waals surface area contributed by atoms with Crippen LogP contribution in [0.15, 0.2) is 20.9 Å². The van der Waals surface area contributed by atoms with Gasteiger partial charge in [0.1, 0.15) is 5.76 Å². The minimum absolute atomic E-state index is 0.0446. The Bertz CT molecular complexity index is 550. The molecule has 8 heteroatoms. The number of furan rings is 1. The number of rotatable bonds is 5. The van der Waals surface area contributed by atoms with Crippen molar-refractivity contribution >= 4 is 34.2 Å². The SMILES string of the molecule is CN(C)c1nnc(SCc2ccc(C(=O)O)o2)s1. The zero-order chi connectivity index (χ0) is 13.1. The summed E-state index contributed by atoms with van der Waals surface area (Å²) >= 11 is 2.95. The van der Waals surface area contributed by atoms with Gasteiger partial charge < -0.3 is 14.4 Å². The third-order valence-corrected chi connectivity index (χ3v) is 4.24.